The van der Waals surface area contributed by atoms with Crippen molar-refractivity contribution in [2.45, 2.75) is 20.0 Å². The number of benzene rings is 9. The first-order chi connectivity index (χ1) is 35.6. The lowest BCUT2D eigenvalue weighted by Gasteiger charge is -2.22. The first-order valence-electron chi connectivity index (χ1n) is 24.1. The van der Waals surface area contributed by atoms with Crippen LogP contribution in [0.25, 0.3) is 118 Å². The Morgan fingerprint density at radius 3 is 0.986 bits per heavy atom. The average Bonchev–Trinajstić information content (AvgIpc) is 3.75. The summed E-state index contributed by atoms with van der Waals surface area (Å²) in [5.41, 5.74) is 12.8. The van der Waals surface area contributed by atoms with E-state index in [0.717, 1.165) is 77.4 Å². The molecule has 350 valence electrons. The summed E-state index contributed by atoms with van der Waals surface area (Å²) >= 11 is 0. The zero-order chi connectivity index (χ0) is 49.6. The predicted octanol–water partition coefficient (Wildman–Crippen LogP) is 17.3. The minimum Gasteiger partial charge on any atom is -0.308 e. The molecule has 0 aliphatic heterocycles. The molecule has 12 aromatic rings. The molecule has 5 nitrogen and oxygen atoms in total. The highest BCUT2D eigenvalue weighted by Crippen LogP contribution is 2.46. The maximum Gasteiger partial charge on any atom is 0.416 e. The summed E-state index contributed by atoms with van der Waals surface area (Å²) in [6, 6.07) is 74.0. The molecule has 3 aromatic heterocycles. The van der Waals surface area contributed by atoms with Crippen molar-refractivity contribution in [2.24, 2.45) is 0 Å². The second kappa shape index (κ2) is 18.5. The molecule has 3 heterocycles. The summed E-state index contributed by atoms with van der Waals surface area (Å²) in [6.07, 6.45) is -4.81. The standard InChI is InChI=1S/C65H44F3N5/c1-41-19-15-17-29-50(41)47-31-33-52-53-34-32-48(51-30-18-16-20-42(51)2)36-61(53)73(60(52)35-47)62-54(63-69-56(43-21-7-3-8-22-43)39-57(70-63)44-23-9-4-10-24-44)37-49(65(66,67)68)38-55(62)64-71-58(45-25-11-5-12-26-45)40-59(72-64)46-27-13-6-14-28-46/h3-40H,1-2H3. The summed E-state index contributed by atoms with van der Waals surface area (Å²) in [5, 5.41) is 1.82. The highest BCUT2D eigenvalue weighted by Gasteiger charge is 2.35. The Morgan fingerprint density at radius 2 is 0.658 bits per heavy atom. The van der Waals surface area contributed by atoms with Gasteiger partial charge in [0.05, 0.1) is 45.1 Å². The second-order valence-corrected chi connectivity index (χ2v) is 18.2. The molecule has 0 fully saturated rings. The van der Waals surface area contributed by atoms with E-state index in [2.05, 4.69) is 79.1 Å². The Bertz CT molecular complexity index is 3650. The van der Waals surface area contributed by atoms with Crippen LogP contribution in [0.15, 0.2) is 231 Å². The van der Waals surface area contributed by atoms with E-state index in [0.29, 0.717) is 28.5 Å². The van der Waals surface area contributed by atoms with Gasteiger partial charge in [0.15, 0.2) is 11.6 Å². The largest absolute Gasteiger partial charge is 0.416 e. The van der Waals surface area contributed by atoms with Crippen molar-refractivity contribution in [2.75, 3.05) is 0 Å². The molecule has 0 N–H and O–H groups in total. The van der Waals surface area contributed by atoms with Gasteiger partial charge in [-0.15, -0.1) is 0 Å². The summed E-state index contributed by atoms with van der Waals surface area (Å²) in [7, 11) is 0. The lowest BCUT2D eigenvalue weighted by atomic mass is 9.97. The van der Waals surface area contributed by atoms with Crippen LogP contribution in [0.4, 0.5) is 13.2 Å². The van der Waals surface area contributed by atoms with E-state index in [1.807, 2.05) is 158 Å². The molecule has 73 heavy (non-hydrogen) atoms. The van der Waals surface area contributed by atoms with Crippen LogP contribution in [0.5, 0.6) is 0 Å². The Morgan fingerprint density at radius 1 is 0.329 bits per heavy atom. The first kappa shape index (κ1) is 44.9. The molecule has 0 spiro atoms. The van der Waals surface area contributed by atoms with Crippen molar-refractivity contribution in [3.63, 3.8) is 0 Å². The molecular weight excluding hydrogens is 908 g/mol. The quantitative estimate of drug-likeness (QED) is 0.145. The summed E-state index contributed by atoms with van der Waals surface area (Å²) < 4.78 is 50.1. The number of alkyl halides is 3. The van der Waals surface area contributed by atoms with Gasteiger partial charge in [-0.3, -0.25) is 0 Å². The van der Waals surface area contributed by atoms with Crippen molar-refractivity contribution in [1.82, 2.24) is 24.5 Å². The van der Waals surface area contributed by atoms with Gasteiger partial charge in [0.2, 0.25) is 0 Å². The third-order valence-electron chi connectivity index (χ3n) is 13.6. The fourth-order valence-corrected chi connectivity index (χ4v) is 9.93. The molecule has 9 aromatic carbocycles. The molecule has 12 rings (SSSR count). The molecule has 0 radical (unpaired) electrons. The van der Waals surface area contributed by atoms with Gasteiger partial charge < -0.3 is 4.57 Å². The van der Waals surface area contributed by atoms with Crippen molar-refractivity contribution < 1.29 is 13.2 Å². The van der Waals surface area contributed by atoms with Gasteiger partial charge in [0, 0.05) is 44.2 Å². The van der Waals surface area contributed by atoms with Crippen LogP contribution < -0.4 is 0 Å². The van der Waals surface area contributed by atoms with Crippen LogP contribution in [-0.2, 0) is 6.18 Å². The number of rotatable bonds is 9. The molecular formula is C65H44F3N5. The van der Waals surface area contributed by atoms with Gasteiger partial charge in [-0.05, 0) is 83.6 Å². The maximum atomic E-state index is 16.0. The van der Waals surface area contributed by atoms with Crippen LogP contribution in [0, 0.1) is 13.8 Å². The molecule has 0 saturated carbocycles. The Balaban J connectivity index is 1.28. The Labute approximate surface area is 420 Å². The van der Waals surface area contributed by atoms with Crippen molar-refractivity contribution in [3.05, 3.63) is 247 Å². The fraction of sp³-hybridized carbons (Fsp3) is 0.0462. The van der Waals surface area contributed by atoms with E-state index in [-0.39, 0.29) is 22.8 Å². The van der Waals surface area contributed by atoms with Crippen molar-refractivity contribution in [1.29, 1.82) is 0 Å². The lowest BCUT2D eigenvalue weighted by molar-refractivity contribution is -0.137. The third-order valence-corrected chi connectivity index (χ3v) is 13.6. The average molecular weight is 952 g/mol. The molecule has 0 aliphatic carbocycles. The smallest absolute Gasteiger partial charge is 0.308 e. The topological polar surface area (TPSA) is 56.5 Å². The molecule has 0 atom stereocenters. The van der Waals surface area contributed by atoms with Crippen LogP contribution in [0.2, 0.25) is 0 Å². The second-order valence-electron chi connectivity index (χ2n) is 18.2. The zero-order valence-electron chi connectivity index (χ0n) is 39.8. The number of nitrogens with zero attached hydrogens (tertiary/aromatic N) is 5. The minimum absolute atomic E-state index is 0.102. The first-order valence-corrected chi connectivity index (χ1v) is 24.1. The van der Waals surface area contributed by atoms with E-state index in [4.69, 9.17) is 19.9 Å². The summed E-state index contributed by atoms with van der Waals surface area (Å²) in [4.78, 5) is 21.0. The van der Waals surface area contributed by atoms with Crippen molar-refractivity contribution >= 4 is 21.8 Å². The monoisotopic (exact) mass is 951 g/mol. The van der Waals surface area contributed by atoms with Crippen LogP contribution >= 0.6 is 0 Å². The Kier molecular flexibility index (Phi) is 11.4. The van der Waals surface area contributed by atoms with Gasteiger partial charge in [0.25, 0.3) is 0 Å². The summed E-state index contributed by atoms with van der Waals surface area (Å²) in [6.45, 7) is 4.16. The molecule has 0 aliphatic rings. The zero-order valence-corrected chi connectivity index (χ0v) is 39.8. The number of halogens is 3. The van der Waals surface area contributed by atoms with E-state index < -0.39 is 11.7 Å². The number of aromatic nitrogens is 5. The van der Waals surface area contributed by atoms with Crippen LogP contribution in [0.1, 0.15) is 16.7 Å². The van der Waals surface area contributed by atoms with E-state index >= 15 is 13.2 Å². The van der Waals surface area contributed by atoms with Gasteiger partial charge in [-0.2, -0.15) is 13.2 Å². The highest BCUT2D eigenvalue weighted by atomic mass is 19.4. The predicted molar refractivity (Wildman–Crippen MR) is 290 cm³/mol. The van der Waals surface area contributed by atoms with E-state index in [9.17, 15) is 0 Å². The van der Waals surface area contributed by atoms with Gasteiger partial charge in [0.1, 0.15) is 0 Å². The van der Waals surface area contributed by atoms with Gasteiger partial charge in [-0.1, -0.05) is 194 Å². The van der Waals surface area contributed by atoms with Gasteiger partial charge >= 0.3 is 6.18 Å². The highest BCUT2D eigenvalue weighted by molar-refractivity contribution is 6.12. The number of aryl methyl sites for hydroxylation is 2. The lowest BCUT2D eigenvalue weighted by Crippen LogP contribution is -2.11. The van der Waals surface area contributed by atoms with E-state index in [1.54, 1.807) is 0 Å². The minimum atomic E-state index is -4.81. The summed E-state index contributed by atoms with van der Waals surface area (Å²) in [5.74, 6) is 0.204. The normalized spacial score (nSPS) is 11.6. The Hall–Kier alpha value is -9.27. The maximum absolute atomic E-state index is 16.0. The van der Waals surface area contributed by atoms with E-state index in [1.165, 1.54) is 12.1 Å². The molecule has 8 heteroatoms. The van der Waals surface area contributed by atoms with Gasteiger partial charge in [-0.25, -0.2) is 19.9 Å². The van der Waals surface area contributed by atoms with Crippen molar-refractivity contribution in [3.8, 4) is 95.7 Å². The number of hydrogen-bond donors (Lipinski definition) is 0. The number of hydrogen-bond acceptors (Lipinski definition) is 4. The molecule has 0 bridgehead atoms. The number of fused-ring (bicyclic) bond motifs is 3. The molecule has 0 saturated heterocycles. The van der Waals surface area contributed by atoms with Crippen LogP contribution in [-0.4, -0.2) is 24.5 Å². The SMILES string of the molecule is Cc1ccccc1-c1ccc2c3ccc(-c4ccccc4C)cc3n(-c3c(-c4nc(-c5ccccc5)cc(-c5ccccc5)n4)cc(C(F)(F)F)cc3-c3nc(-c4ccccc4)cc(-c4ccccc4)n3)c2c1. The fourth-order valence-electron chi connectivity index (χ4n) is 9.93. The molecule has 0 amide bonds. The third kappa shape index (κ3) is 8.53. The van der Waals surface area contributed by atoms with Crippen LogP contribution in [0.3, 0.4) is 0 Å². The molecule has 0 unspecified atom stereocenters.